The SMILES string of the molecule is O=C(Nc1ccccc1C(=O)NC1CCCC1)c1ccc2c(c1)C[C@@H](c1ccccc1)OC2=O. The van der Waals surface area contributed by atoms with Crippen LogP contribution in [0, 0.1) is 0 Å². The molecule has 3 aromatic carbocycles. The number of nitrogens with one attached hydrogen (secondary N) is 2. The first-order valence-corrected chi connectivity index (χ1v) is 11.7. The first kappa shape index (κ1) is 21.9. The number of para-hydroxylation sites is 1. The quantitative estimate of drug-likeness (QED) is 0.528. The molecule has 34 heavy (non-hydrogen) atoms. The molecular weight excluding hydrogens is 428 g/mol. The summed E-state index contributed by atoms with van der Waals surface area (Å²) in [6.07, 6.45) is 4.33. The number of fused-ring (bicyclic) bond motifs is 1. The number of benzene rings is 3. The number of carbonyl (C=O) groups is 3. The van der Waals surface area contributed by atoms with Crippen molar-refractivity contribution in [2.75, 3.05) is 5.32 Å². The summed E-state index contributed by atoms with van der Waals surface area (Å²) in [4.78, 5) is 38.5. The molecule has 1 fully saturated rings. The second kappa shape index (κ2) is 9.51. The number of carbonyl (C=O) groups excluding carboxylic acids is 3. The van der Waals surface area contributed by atoms with Crippen LogP contribution in [0.4, 0.5) is 5.69 Å². The maximum absolute atomic E-state index is 13.1. The van der Waals surface area contributed by atoms with Gasteiger partial charge in [0.05, 0.1) is 16.8 Å². The minimum atomic E-state index is -0.393. The van der Waals surface area contributed by atoms with Gasteiger partial charge in [-0.05, 0) is 54.3 Å². The van der Waals surface area contributed by atoms with Gasteiger partial charge >= 0.3 is 5.97 Å². The molecule has 0 aromatic heterocycles. The number of anilines is 1. The Morgan fingerprint density at radius 2 is 1.59 bits per heavy atom. The van der Waals surface area contributed by atoms with E-state index in [-0.39, 0.29) is 24.0 Å². The van der Waals surface area contributed by atoms with Crippen molar-refractivity contribution >= 4 is 23.5 Å². The molecule has 172 valence electrons. The molecule has 0 bridgehead atoms. The Hall–Kier alpha value is -3.93. The van der Waals surface area contributed by atoms with E-state index in [2.05, 4.69) is 10.6 Å². The lowest BCUT2D eigenvalue weighted by atomic mass is 9.93. The van der Waals surface area contributed by atoms with Crippen LogP contribution in [0.3, 0.4) is 0 Å². The van der Waals surface area contributed by atoms with E-state index in [1.54, 1.807) is 42.5 Å². The number of ether oxygens (including phenoxy) is 1. The summed E-state index contributed by atoms with van der Waals surface area (Å²) >= 11 is 0. The molecule has 6 heteroatoms. The highest BCUT2D eigenvalue weighted by molar-refractivity contribution is 6.09. The van der Waals surface area contributed by atoms with Gasteiger partial charge in [-0.3, -0.25) is 9.59 Å². The van der Waals surface area contributed by atoms with Crippen LogP contribution in [-0.4, -0.2) is 23.8 Å². The number of amides is 2. The molecule has 0 spiro atoms. The van der Waals surface area contributed by atoms with Gasteiger partial charge in [0.25, 0.3) is 11.8 Å². The minimum absolute atomic E-state index is 0.179. The topological polar surface area (TPSA) is 84.5 Å². The first-order chi connectivity index (χ1) is 16.6. The standard InChI is InChI=1S/C28H26N2O4/c31-26(30-24-13-7-6-12-23(24)27(32)29-21-10-4-5-11-21)19-14-15-22-20(16-19)17-25(34-28(22)33)18-8-2-1-3-9-18/h1-3,6-9,12-16,21,25H,4-5,10-11,17H2,(H,29,32)(H,30,31)/t25-/m0/s1. The molecule has 6 nitrogen and oxygen atoms in total. The Kier molecular flexibility index (Phi) is 6.12. The summed E-state index contributed by atoms with van der Waals surface area (Å²) in [5, 5.41) is 5.95. The van der Waals surface area contributed by atoms with E-state index in [1.165, 1.54) is 0 Å². The fourth-order valence-corrected chi connectivity index (χ4v) is 4.71. The summed E-state index contributed by atoms with van der Waals surface area (Å²) in [5.74, 6) is -0.906. The van der Waals surface area contributed by atoms with Crippen molar-refractivity contribution in [1.82, 2.24) is 5.32 Å². The fraction of sp³-hybridized carbons (Fsp3) is 0.250. The largest absolute Gasteiger partial charge is 0.454 e. The number of rotatable bonds is 5. The van der Waals surface area contributed by atoms with Gasteiger partial charge < -0.3 is 15.4 Å². The summed E-state index contributed by atoms with van der Waals surface area (Å²) < 4.78 is 5.61. The van der Waals surface area contributed by atoms with Crippen molar-refractivity contribution in [3.8, 4) is 0 Å². The maximum Gasteiger partial charge on any atom is 0.339 e. The third kappa shape index (κ3) is 4.57. The van der Waals surface area contributed by atoms with Gasteiger partial charge in [0.15, 0.2) is 0 Å². The van der Waals surface area contributed by atoms with Crippen LogP contribution in [-0.2, 0) is 11.2 Å². The van der Waals surface area contributed by atoms with Crippen LogP contribution in [0.5, 0.6) is 0 Å². The number of hydrogen-bond donors (Lipinski definition) is 2. The minimum Gasteiger partial charge on any atom is -0.454 e. The first-order valence-electron chi connectivity index (χ1n) is 11.7. The molecule has 0 saturated heterocycles. The van der Waals surface area contributed by atoms with Gasteiger partial charge in [-0.25, -0.2) is 4.79 Å². The van der Waals surface area contributed by atoms with Crippen LogP contribution in [0.1, 0.15) is 74.0 Å². The summed E-state index contributed by atoms with van der Waals surface area (Å²) in [5.41, 5.74) is 3.48. The van der Waals surface area contributed by atoms with Crippen molar-refractivity contribution in [2.24, 2.45) is 0 Å². The molecule has 1 saturated carbocycles. The average molecular weight is 455 g/mol. The van der Waals surface area contributed by atoms with Crippen molar-refractivity contribution in [3.05, 3.63) is 101 Å². The zero-order chi connectivity index (χ0) is 23.5. The number of esters is 1. The van der Waals surface area contributed by atoms with E-state index in [9.17, 15) is 14.4 Å². The Labute approximate surface area is 198 Å². The second-order valence-corrected chi connectivity index (χ2v) is 8.84. The van der Waals surface area contributed by atoms with Gasteiger partial charge in [0, 0.05) is 18.0 Å². The third-order valence-corrected chi connectivity index (χ3v) is 6.52. The van der Waals surface area contributed by atoms with Gasteiger partial charge in [-0.1, -0.05) is 55.3 Å². The smallest absolute Gasteiger partial charge is 0.339 e. The molecule has 1 atom stereocenters. The monoisotopic (exact) mass is 454 g/mol. The molecule has 1 aliphatic carbocycles. The van der Waals surface area contributed by atoms with Crippen LogP contribution >= 0.6 is 0 Å². The van der Waals surface area contributed by atoms with E-state index < -0.39 is 5.97 Å². The molecule has 5 rings (SSSR count). The molecule has 3 aromatic rings. The van der Waals surface area contributed by atoms with Crippen LogP contribution in [0.2, 0.25) is 0 Å². The van der Waals surface area contributed by atoms with Crippen molar-refractivity contribution in [1.29, 1.82) is 0 Å². The molecule has 1 heterocycles. The van der Waals surface area contributed by atoms with Crippen LogP contribution in [0.15, 0.2) is 72.8 Å². The van der Waals surface area contributed by atoms with Gasteiger partial charge in [-0.15, -0.1) is 0 Å². The summed E-state index contributed by atoms with van der Waals surface area (Å²) in [6.45, 7) is 0. The Balaban J connectivity index is 1.35. The van der Waals surface area contributed by atoms with E-state index in [0.717, 1.165) is 36.8 Å². The van der Waals surface area contributed by atoms with Gasteiger partial charge in [0.2, 0.25) is 0 Å². The lowest BCUT2D eigenvalue weighted by Gasteiger charge is -2.25. The van der Waals surface area contributed by atoms with E-state index in [4.69, 9.17) is 4.74 Å². The normalized spacial score (nSPS) is 17.5. The second-order valence-electron chi connectivity index (χ2n) is 8.84. The van der Waals surface area contributed by atoms with Crippen molar-refractivity contribution < 1.29 is 19.1 Å². The van der Waals surface area contributed by atoms with Gasteiger partial charge in [-0.2, -0.15) is 0 Å². The zero-order valence-electron chi connectivity index (χ0n) is 18.8. The van der Waals surface area contributed by atoms with Crippen molar-refractivity contribution in [3.63, 3.8) is 0 Å². The number of hydrogen-bond acceptors (Lipinski definition) is 4. The Morgan fingerprint density at radius 3 is 2.38 bits per heavy atom. The van der Waals surface area contributed by atoms with E-state index in [1.807, 2.05) is 30.3 Å². The third-order valence-electron chi connectivity index (χ3n) is 6.52. The summed E-state index contributed by atoms with van der Waals surface area (Å²) in [6, 6.07) is 21.8. The molecule has 2 N–H and O–H groups in total. The Bertz CT molecular complexity index is 1230. The molecule has 2 aliphatic rings. The highest BCUT2D eigenvalue weighted by atomic mass is 16.5. The summed E-state index contributed by atoms with van der Waals surface area (Å²) in [7, 11) is 0. The highest BCUT2D eigenvalue weighted by Crippen LogP contribution is 2.31. The highest BCUT2D eigenvalue weighted by Gasteiger charge is 2.28. The predicted octanol–water partition coefficient (Wildman–Crippen LogP) is 5.07. The predicted molar refractivity (Wildman–Crippen MR) is 129 cm³/mol. The molecular formula is C28H26N2O4. The van der Waals surface area contributed by atoms with E-state index in [0.29, 0.717) is 28.8 Å². The number of cyclic esters (lactones) is 1. The molecule has 0 radical (unpaired) electrons. The van der Waals surface area contributed by atoms with Crippen molar-refractivity contribution in [2.45, 2.75) is 44.2 Å². The van der Waals surface area contributed by atoms with Gasteiger partial charge in [0.1, 0.15) is 6.10 Å². The lowest BCUT2D eigenvalue weighted by Crippen LogP contribution is -2.33. The zero-order valence-corrected chi connectivity index (χ0v) is 18.8. The van der Waals surface area contributed by atoms with Crippen LogP contribution < -0.4 is 10.6 Å². The lowest BCUT2D eigenvalue weighted by molar-refractivity contribution is 0.0252. The van der Waals surface area contributed by atoms with E-state index >= 15 is 0 Å². The average Bonchev–Trinajstić information content (AvgIpc) is 3.37. The molecule has 1 aliphatic heterocycles. The fourth-order valence-electron chi connectivity index (χ4n) is 4.71. The molecule has 0 unspecified atom stereocenters. The molecule has 2 amide bonds. The maximum atomic E-state index is 13.1. The Morgan fingerprint density at radius 1 is 0.853 bits per heavy atom. The van der Waals surface area contributed by atoms with Crippen LogP contribution in [0.25, 0.3) is 0 Å².